The van der Waals surface area contributed by atoms with Gasteiger partial charge in [-0.05, 0) is 28.1 Å². The number of aromatic amines is 1. The van der Waals surface area contributed by atoms with E-state index in [2.05, 4.69) is 26.2 Å². The lowest BCUT2D eigenvalue weighted by Crippen LogP contribution is -2.08. The summed E-state index contributed by atoms with van der Waals surface area (Å²) in [6.07, 6.45) is 0. The number of carbonyl (C=O) groups is 1. The van der Waals surface area contributed by atoms with E-state index < -0.39 is 5.97 Å². The van der Waals surface area contributed by atoms with Crippen molar-refractivity contribution in [3.8, 4) is 0 Å². The lowest BCUT2D eigenvalue weighted by molar-refractivity contribution is 0.0697. The third-order valence-corrected chi connectivity index (χ3v) is 3.65. The molecule has 2 aromatic rings. The number of hydrogen-bond donors (Lipinski definition) is 3. The Morgan fingerprint density at radius 3 is 2.89 bits per heavy atom. The molecule has 1 aromatic heterocycles. The highest BCUT2D eigenvalue weighted by molar-refractivity contribution is 9.10. The first kappa shape index (κ1) is 12.8. The third kappa shape index (κ3) is 2.80. The maximum Gasteiger partial charge on any atom is 0.338 e. The van der Waals surface area contributed by atoms with Gasteiger partial charge in [-0.1, -0.05) is 17.4 Å². The van der Waals surface area contributed by atoms with Gasteiger partial charge < -0.3 is 15.4 Å². The van der Waals surface area contributed by atoms with E-state index in [-0.39, 0.29) is 10.4 Å². The molecule has 0 radical (unpaired) electrons. The quantitative estimate of drug-likeness (QED) is 0.805. The molecule has 0 aliphatic rings. The summed E-state index contributed by atoms with van der Waals surface area (Å²) < 4.78 is 0.513. The largest absolute Gasteiger partial charge is 0.478 e. The number of benzene rings is 1. The van der Waals surface area contributed by atoms with Crippen LogP contribution in [0.5, 0.6) is 0 Å². The molecule has 0 saturated carbocycles. The number of carboxylic acid groups (broad SMARTS) is 1. The Morgan fingerprint density at radius 1 is 1.50 bits per heavy atom. The fraction of sp³-hybridized carbons (Fsp3) is 0.0909. The molecular weight excluding hydrogens is 320 g/mol. The molecule has 0 atom stereocenters. The normalized spacial score (nSPS) is 10.3. The summed E-state index contributed by atoms with van der Waals surface area (Å²) >= 11 is 4.28. The molecule has 0 aliphatic carbocycles. The summed E-state index contributed by atoms with van der Waals surface area (Å²) in [7, 11) is 0. The predicted octanol–water partition coefficient (Wildman–Crippen LogP) is 2.51. The van der Waals surface area contributed by atoms with Crippen LogP contribution in [0.4, 0.5) is 5.69 Å². The summed E-state index contributed by atoms with van der Waals surface area (Å²) in [6, 6.07) is 5.09. The van der Waals surface area contributed by atoms with Gasteiger partial charge in [-0.2, -0.15) is 0 Å². The second-order valence-electron chi connectivity index (χ2n) is 3.49. The highest BCUT2D eigenvalue weighted by Gasteiger charge is 2.13. The van der Waals surface area contributed by atoms with Crippen molar-refractivity contribution in [3.63, 3.8) is 0 Å². The van der Waals surface area contributed by atoms with Crippen LogP contribution in [0.25, 0.3) is 0 Å². The van der Waals surface area contributed by atoms with E-state index in [1.807, 2.05) is 0 Å². The molecule has 0 fully saturated rings. The molecule has 1 aromatic carbocycles. The number of halogens is 1. The summed E-state index contributed by atoms with van der Waals surface area (Å²) in [4.78, 5) is 24.6. The van der Waals surface area contributed by atoms with Crippen LogP contribution in [-0.4, -0.2) is 16.1 Å². The fourth-order valence-corrected chi connectivity index (χ4v) is 2.60. The van der Waals surface area contributed by atoms with Gasteiger partial charge in [0.05, 0.1) is 17.8 Å². The van der Waals surface area contributed by atoms with Gasteiger partial charge >= 0.3 is 10.8 Å². The summed E-state index contributed by atoms with van der Waals surface area (Å²) in [5, 5.41) is 13.8. The fourth-order valence-electron chi connectivity index (χ4n) is 1.48. The Morgan fingerprint density at radius 2 is 2.28 bits per heavy atom. The average Bonchev–Trinajstić information content (AvgIpc) is 2.72. The second-order valence-corrected chi connectivity index (χ2v) is 5.19. The number of rotatable bonds is 4. The Balaban J connectivity index is 2.21. The number of nitrogens with one attached hydrogen (secondary N) is 2. The summed E-state index contributed by atoms with van der Waals surface area (Å²) in [5.41, 5.74) is 1.40. The van der Waals surface area contributed by atoms with Gasteiger partial charge in [-0.3, -0.25) is 4.79 Å². The first-order valence-corrected chi connectivity index (χ1v) is 6.67. The van der Waals surface area contributed by atoms with Gasteiger partial charge in [0, 0.05) is 15.5 Å². The topological polar surface area (TPSA) is 82.2 Å². The second kappa shape index (κ2) is 5.36. The van der Waals surface area contributed by atoms with Crippen molar-refractivity contribution in [1.82, 2.24) is 4.98 Å². The predicted molar refractivity (Wildman–Crippen MR) is 73.4 cm³/mol. The van der Waals surface area contributed by atoms with Crippen LogP contribution >= 0.6 is 27.3 Å². The van der Waals surface area contributed by atoms with E-state index in [0.29, 0.717) is 16.7 Å². The highest BCUT2D eigenvalue weighted by Crippen LogP contribution is 2.25. The molecule has 94 valence electrons. The van der Waals surface area contributed by atoms with Crippen LogP contribution in [0, 0.1) is 0 Å². The molecule has 3 N–H and O–H groups in total. The third-order valence-electron chi connectivity index (χ3n) is 2.27. The number of H-pyrrole nitrogens is 1. The van der Waals surface area contributed by atoms with Crippen LogP contribution in [0.2, 0.25) is 0 Å². The van der Waals surface area contributed by atoms with Gasteiger partial charge in [0.25, 0.3) is 0 Å². The SMILES string of the molecule is O=C(O)c1c(Br)cccc1NCc1csc(=O)[nH]1. The van der Waals surface area contributed by atoms with Crippen LogP contribution in [0.3, 0.4) is 0 Å². The van der Waals surface area contributed by atoms with E-state index in [0.717, 1.165) is 17.0 Å². The molecule has 1 heterocycles. The van der Waals surface area contributed by atoms with E-state index >= 15 is 0 Å². The molecule has 0 bridgehead atoms. The van der Waals surface area contributed by atoms with Crippen molar-refractivity contribution in [2.24, 2.45) is 0 Å². The zero-order chi connectivity index (χ0) is 13.1. The number of hydrogen-bond acceptors (Lipinski definition) is 4. The smallest absolute Gasteiger partial charge is 0.338 e. The summed E-state index contributed by atoms with van der Waals surface area (Å²) in [5.74, 6) is -1.01. The van der Waals surface area contributed by atoms with Crippen molar-refractivity contribution < 1.29 is 9.90 Å². The first-order valence-electron chi connectivity index (χ1n) is 5.00. The minimum absolute atomic E-state index is 0.125. The number of anilines is 1. The molecular formula is C11H9BrN2O3S. The molecule has 0 spiro atoms. The van der Waals surface area contributed by atoms with Crippen LogP contribution in [0.1, 0.15) is 16.1 Å². The van der Waals surface area contributed by atoms with Crippen molar-refractivity contribution >= 4 is 38.9 Å². The standard InChI is InChI=1S/C11H9BrN2O3S/c12-7-2-1-3-8(9(7)10(15)16)13-4-6-5-18-11(17)14-6/h1-3,5,13H,4H2,(H,14,17)(H,15,16). The minimum Gasteiger partial charge on any atom is -0.478 e. The zero-order valence-corrected chi connectivity index (χ0v) is 11.5. The minimum atomic E-state index is -1.01. The van der Waals surface area contributed by atoms with E-state index in [1.54, 1.807) is 23.6 Å². The molecule has 0 unspecified atom stereocenters. The van der Waals surface area contributed by atoms with Crippen LogP contribution < -0.4 is 10.2 Å². The van der Waals surface area contributed by atoms with Crippen molar-refractivity contribution in [3.05, 3.63) is 49.0 Å². The molecule has 7 heteroatoms. The number of carboxylic acids is 1. The van der Waals surface area contributed by atoms with Crippen molar-refractivity contribution in [1.29, 1.82) is 0 Å². The molecule has 2 rings (SSSR count). The monoisotopic (exact) mass is 328 g/mol. The van der Waals surface area contributed by atoms with Gasteiger partial charge in [0.2, 0.25) is 0 Å². The van der Waals surface area contributed by atoms with Crippen molar-refractivity contribution in [2.75, 3.05) is 5.32 Å². The number of aromatic nitrogens is 1. The van der Waals surface area contributed by atoms with E-state index in [4.69, 9.17) is 5.11 Å². The van der Waals surface area contributed by atoms with E-state index in [9.17, 15) is 9.59 Å². The van der Waals surface area contributed by atoms with Gasteiger partial charge in [0.15, 0.2) is 0 Å². The Hall–Kier alpha value is -1.60. The highest BCUT2D eigenvalue weighted by atomic mass is 79.9. The van der Waals surface area contributed by atoms with Gasteiger partial charge in [0.1, 0.15) is 0 Å². The Labute approximate surface area is 115 Å². The molecule has 0 saturated heterocycles. The molecule has 0 amide bonds. The van der Waals surface area contributed by atoms with Gasteiger partial charge in [-0.25, -0.2) is 4.79 Å². The van der Waals surface area contributed by atoms with Crippen LogP contribution in [0.15, 0.2) is 32.8 Å². The lowest BCUT2D eigenvalue weighted by Gasteiger charge is -2.09. The molecule has 18 heavy (non-hydrogen) atoms. The Bertz CT molecular complexity index is 635. The maximum atomic E-state index is 11.1. The number of thiazole rings is 1. The van der Waals surface area contributed by atoms with Crippen LogP contribution in [-0.2, 0) is 6.54 Å². The zero-order valence-electron chi connectivity index (χ0n) is 9.07. The van der Waals surface area contributed by atoms with E-state index in [1.165, 1.54) is 0 Å². The lowest BCUT2D eigenvalue weighted by atomic mass is 10.2. The summed E-state index contributed by atoms with van der Waals surface area (Å²) in [6.45, 7) is 0.371. The van der Waals surface area contributed by atoms with Gasteiger partial charge in [-0.15, -0.1) is 0 Å². The number of aromatic carboxylic acids is 1. The maximum absolute atomic E-state index is 11.1. The molecule has 0 aliphatic heterocycles. The molecule has 5 nitrogen and oxygen atoms in total. The Kier molecular flexibility index (Phi) is 3.83. The van der Waals surface area contributed by atoms with Crippen molar-refractivity contribution in [2.45, 2.75) is 6.54 Å². The first-order chi connectivity index (χ1) is 8.58. The average molecular weight is 329 g/mol.